The Balaban J connectivity index is 3.45. The lowest BCUT2D eigenvalue weighted by atomic mass is 10.1. The molecule has 1 rings (SSSR count). The van der Waals surface area contributed by atoms with Crippen molar-refractivity contribution in [3.63, 3.8) is 0 Å². The third-order valence-corrected chi connectivity index (χ3v) is 3.03. The van der Waals surface area contributed by atoms with Crippen LogP contribution in [0.2, 0.25) is 0 Å². The zero-order chi connectivity index (χ0) is 13.9. The van der Waals surface area contributed by atoms with Gasteiger partial charge in [-0.15, -0.1) is 0 Å². The quantitative estimate of drug-likeness (QED) is 0.378. The van der Waals surface area contributed by atoms with Crippen LogP contribution in [0.25, 0.3) is 0 Å². The lowest BCUT2D eigenvalue weighted by Gasteiger charge is -2.24. The van der Waals surface area contributed by atoms with Crippen LogP contribution < -0.4 is 21.7 Å². The highest BCUT2D eigenvalue weighted by Gasteiger charge is 2.23. The van der Waals surface area contributed by atoms with Gasteiger partial charge in [0, 0.05) is 17.2 Å². The standard InChI is InChI=1S/C11H16BrN5O/c1-3-6-4-7(13)5-8(12)9(6)17(10(14)15)11(18)16-2/h4-5H,3,13H2,1-2H3,(H3,14,15)(H,16,18). The molecule has 0 radical (unpaired) electrons. The number of carbonyl (C=O) groups is 1. The van der Waals surface area contributed by atoms with Gasteiger partial charge in [-0.1, -0.05) is 6.92 Å². The zero-order valence-corrected chi connectivity index (χ0v) is 11.8. The second-order valence-corrected chi connectivity index (χ2v) is 4.49. The van der Waals surface area contributed by atoms with Crippen molar-refractivity contribution in [3.05, 3.63) is 22.2 Å². The van der Waals surface area contributed by atoms with Crippen molar-refractivity contribution in [1.29, 1.82) is 5.41 Å². The molecule has 98 valence electrons. The van der Waals surface area contributed by atoms with Crippen molar-refractivity contribution in [3.8, 4) is 0 Å². The molecule has 6 N–H and O–H groups in total. The van der Waals surface area contributed by atoms with Gasteiger partial charge >= 0.3 is 6.03 Å². The van der Waals surface area contributed by atoms with E-state index in [1.807, 2.05) is 6.92 Å². The number of guanidine groups is 1. The van der Waals surface area contributed by atoms with Gasteiger partial charge in [-0.2, -0.15) is 0 Å². The Hall–Kier alpha value is -1.76. The predicted octanol–water partition coefficient (Wildman–Crippen LogP) is 1.63. The van der Waals surface area contributed by atoms with Crippen molar-refractivity contribution in [2.24, 2.45) is 5.73 Å². The minimum absolute atomic E-state index is 0.352. The number of nitrogens with one attached hydrogen (secondary N) is 2. The van der Waals surface area contributed by atoms with Crippen LogP contribution in [-0.2, 0) is 6.42 Å². The number of rotatable bonds is 2. The fourth-order valence-corrected chi connectivity index (χ4v) is 2.34. The van der Waals surface area contributed by atoms with Gasteiger partial charge in [0.2, 0.25) is 5.96 Å². The van der Waals surface area contributed by atoms with Gasteiger partial charge in [0.25, 0.3) is 0 Å². The summed E-state index contributed by atoms with van der Waals surface area (Å²) < 4.78 is 0.623. The molecule has 7 heteroatoms. The molecule has 0 saturated heterocycles. The van der Waals surface area contributed by atoms with E-state index >= 15 is 0 Å². The molecule has 0 saturated carbocycles. The van der Waals surface area contributed by atoms with Crippen molar-refractivity contribution in [2.45, 2.75) is 13.3 Å². The Morgan fingerprint density at radius 1 is 1.56 bits per heavy atom. The number of nitrogen functional groups attached to an aromatic ring is 1. The normalized spacial score (nSPS) is 9.94. The Morgan fingerprint density at radius 2 is 2.17 bits per heavy atom. The van der Waals surface area contributed by atoms with E-state index in [0.717, 1.165) is 10.5 Å². The van der Waals surface area contributed by atoms with E-state index in [-0.39, 0.29) is 5.96 Å². The summed E-state index contributed by atoms with van der Waals surface area (Å²) in [6, 6.07) is 2.97. The van der Waals surface area contributed by atoms with Crippen LogP contribution in [0.4, 0.5) is 16.2 Å². The molecule has 1 aromatic rings. The maximum atomic E-state index is 11.8. The summed E-state index contributed by atoms with van der Waals surface area (Å²) in [6.07, 6.45) is 0.666. The molecular formula is C11H16BrN5O. The molecule has 0 atom stereocenters. The molecule has 0 unspecified atom stereocenters. The molecule has 1 aromatic carbocycles. The minimum atomic E-state index is -0.470. The molecular weight excluding hydrogens is 298 g/mol. The molecule has 0 fully saturated rings. The molecule has 0 aliphatic heterocycles. The molecule has 0 aliphatic carbocycles. The topological polar surface area (TPSA) is 108 Å². The second kappa shape index (κ2) is 5.72. The van der Waals surface area contributed by atoms with Crippen LogP contribution in [0.3, 0.4) is 0 Å². The van der Waals surface area contributed by atoms with Crippen LogP contribution >= 0.6 is 15.9 Å². The smallest absolute Gasteiger partial charge is 0.328 e. The number of urea groups is 1. The summed E-state index contributed by atoms with van der Waals surface area (Å²) in [4.78, 5) is 12.9. The Labute approximate surface area is 114 Å². The van der Waals surface area contributed by atoms with Crippen LogP contribution in [0.1, 0.15) is 12.5 Å². The Kier molecular flexibility index (Phi) is 4.55. The fourth-order valence-electron chi connectivity index (χ4n) is 1.64. The second-order valence-electron chi connectivity index (χ2n) is 3.64. The number of nitrogens with two attached hydrogens (primary N) is 2. The zero-order valence-electron chi connectivity index (χ0n) is 10.2. The van der Waals surface area contributed by atoms with E-state index in [2.05, 4.69) is 21.2 Å². The number of benzene rings is 1. The molecule has 0 aliphatic rings. The highest BCUT2D eigenvalue weighted by atomic mass is 79.9. The maximum Gasteiger partial charge on any atom is 0.328 e. The lowest BCUT2D eigenvalue weighted by molar-refractivity contribution is 0.251. The third-order valence-electron chi connectivity index (χ3n) is 2.43. The molecule has 0 bridgehead atoms. The molecule has 6 nitrogen and oxygen atoms in total. The summed E-state index contributed by atoms with van der Waals surface area (Å²) in [5.41, 5.74) is 13.2. The summed E-state index contributed by atoms with van der Waals surface area (Å²) >= 11 is 3.35. The first kappa shape index (κ1) is 14.3. The van der Waals surface area contributed by atoms with Crippen molar-refractivity contribution in [2.75, 3.05) is 17.7 Å². The van der Waals surface area contributed by atoms with E-state index in [1.54, 1.807) is 12.1 Å². The molecule has 2 amide bonds. The lowest BCUT2D eigenvalue weighted by Crippen LogP contribution is -2.46. The van der Waals surface area contributed by atoms with Crippen LogP contribution in [0.5, 0.6) is 0 Å². The van der Waals surface area contributed by atoms with E-state index in [4.69, 9.17) is 16.9 Å². The first-order valence-electron chi connectivity index (χ1n) is 5.36. The van der Waals surface area contributed by atoms with Gasteiger partial charge in [0.1, 0.15) is 0 Å². The first-order chi connectivity index (χ1) is 8.42. The van der Waals surface area contributed by atoms with Gasteiger partial charge in [-0.3, -0.25) is 5.41 Å². The summed E-state index contributed by atoms with van der Waals surface area (Å²) in [5, 5.41) is 9.99. The van der Waals surface area contributed by atoms with Crippen molar-refractivity contribution in [1.82, 2.24) is 5.32 Å². The molecule has 0 heterocycles. The van der Waals surface area contributed by atoms with E-state index in [0.29, 0.717) is 22.3 Å². The minimum Gasteiger partial charge on any atom is -0.399 e. The van der Waals surface area contributed by atoms with E-state index < -0.39 is 6.03 Å². The number of anilines is 2. The Bertz CT molecular complexity index is 489. The van der Waals surface area contributed by atoms with Gasteiger partial charge in [0.15, 0.2) is 0 Å². The number of halogens is 1. The molecule has 0 aromatic heterocycles. The number of aryl methyl sites for hydroxylation is 1. The third kappa shape index (κ3) is 2.73. The molecule has 0 spiro atoms. The number of hydrogen-bond acceptors (Lipinski definition) is 3. The number of carbonyl (C=O) groups excluding carboxylic acids is 1. The predicted molar refractivity (Wildman–Crippen MR) is 76.8 cm³/mol. The number of amides is 2. The average molecular weight is 314 g/mol. The van der Waals surface area contributed by atoms with Crippen LogP contribution in [-0.4, -0.2) is 19.0 Å². The summed E-state index contributed by atoms with van der Waals surface area (Å²) in [5.74, 6) is -0.352. The van der Waals surface area contributed by atoms with Gasteiger partial charge in [-0.05, 0) is 40.0 Å². The van der Waals surface area contributed by atoms with Gasteiger partial charge in [-0.25, -0.2) is 9.69 Å². The SMILES string of the molecule is CCc1cc(N)cc(Br)c1N(C(=N)N)C(=O)NC. The summed E-state index contributed by atoms with van der Waals surface area (Å²) in [6.45, 7) is 1.94. The highest BCUT2D eigenvalue weighted by molar-refractivity contribution is 9.10. The fraction of sp³-hybridized carbons (Fsp3) is 0.273. The summed E-state index contributed by atoms with van der Waals surface area (Å²) in [7, 11) is 1.48. The number of hydrogen-bond donors (Lipinski definition) is 4. The number of nitrogens with zero attached hydrogens (tertiary/aromatic N) is 1. The van der Waals surface area contributed by atoms with Crippen molar-refractivity contribution < 1.29 is 4.79 Å². The maximum absolute atomic E-state index is 11.8. The van der Waals surface area contributed by atoms with Crippen molar-refractivity contribution >= 4 is 39.3 Å². The van der Waals surface area contributed by atoms with Gasteiger partial charge in [0.05, 0.1) is 5.69 Å². The van der Waals surface area contributed by atoms with Crippen LogP contribution in [0.15, 0.2) is 16.6 Å². The largest absolute Gasteiger partial charge is 0.399 e. The van der Waals surface area contributed by atoms with Gasteiger partial charge < -0.3 is 16.8 Å². The van der Waals surface area contributed by atoms with Crippen LogP contribution in [0, 0.1) is 5.41 Å². The monoisotopic (exact) mass is 313 g/mol. The molecule has 18 heavy (non-hydrogen) atoms. The first-order valence-corrected chi connectivity index (χ1v) is 6.15. The van der Waals surface area contributed by atoms with E-state index in [1.165, 1.54) is 7.05 Å². The highest BCUT2D eigenvalue weighted by Crippen LogP contribution is 2.33. The average Bonchev–Trinajstić information content (AvgIpc) is 2.30. The Morgan fingerprint density at radius 3 is 2.61 bits per heavy atom. The van der Waals surface area contributed by atoms with E-state index in [9.17, 15) is 4.79 Å².